The fourth-order valence-corrected chi connectivity index (χ4v) is 3.53. The SMILES string of the molecule is O=C(CN1CCN(C(=O)CCn2ccc(=O)[nH]c2=O)CC1)c1cccs1. The van der Waals surface area contributed by atoms with Gasteiger partial charge in [-0.15, -0.1) is 11.3 Å². The number of aryl methyl sites for hydroxylation is 1. The highest BCUT2D eigenvalue weighted by atomic mass is 32.1. The van der Waals surface area contributed by atoms with Crippen LogP contribution in [0, 0.1) is 0 Å². The van der Waals surface area contributed by atoms with E-state index in [-0.39, 0.29) is 24.7 Å². The molecule has 0 aliphatic carbocycles. The average molecular weight is 376 g/mol. The molecule has 1 saturated heterocycles. The summed E-state index contributed by atoms with van der Waals surface area (Å²) in [6.45, 7) is 3.04. The lowest BCUT2D eigenvalue weighted by atomic mass is 10.2. The summed E-state index contributed by atoms with van der Waals surface area (Å²) in [5.74, 6) is 0.0737. The van der Waals surface area contributed by atoms with Crippen LogP contribution >= 0.6 is 11.3 Å². The summed E-state index contributed by atoms with van der Waals surface area (Å²) in [6, 6.07) is 4.95. The van der Waals surface area contributed by atoms with Crippen LogP contribution < -0.4 is 11.2 Å². The van der Waals surface area contributed by atoms with E-state index in [1.54, 1.807) is 4.90 Å². The number of nitrogens with zero attached hydrogens (tertiary/aromatic N) is 3. The van der Waals surface area contributed by atoms with Crippen molar-refractivity contribution in [3.8, 4) is 0 Å². The number of amides is 1. The number of H-pyrrole nitrogens is 1. The zero-order valence-electron chi connectivity index (χ0n) is 14.2. The van der Waals surface area contributed by atoms with Crippen molar-refractivity contribution in [2.24, 2.45) is 0 Å². The number of nitrogens with one attached hydrogen (secondary N) is 1. The maximum Gasteiger partial charge on any atom is 0.328 e. The largest absolute Gasteiger partial charge is 0.340 e. The number of ketones is 1. The molecule has 0 aromatic carbocycles. The summed E-state index contributed by atoms with van der Waals surface area (Å²) in [4.78, 5) is 53.8. The summed E-state index contributed by atoms with van der Waals surface area (Å²) < 4.78 is 1.31. The molecule has 0 saturated carbocycles. The Labute approximate surface area is 153 Å². The summed E-state index contributed by atoms with van der Waals surface area (Å²) in [5, 5.41) is 1.89. The van der Waals surface area contributed by atoms with E-state index in [2.05, 4.69) is 9.88 Å². The normalized spacial score (nSPS) is 15.2. The maximum absolute atomic E-state index is 12.3. The molecule has 1 fully saturated rings. The second kappa shape index (κ2) is 8.24. The topological polar surface area (TPSA) is 95.5 Å². The van der Waals surface area contributed by atoms with Crippen LogP contribution in [0.3, 0.4) is 0 Å². The minimum absolute atomic E-state index is 0.0349. The molecule has 1 aliphatic rings. The first-order chi connectivity index (χ1) is 12.5. The van der Waals surface area contributed by atoms with Crippen LogP contribution in [0.2, 0.25) is 0 Å². The second-order valence-corrected chi connectivity index (χ2v) is 7.06. The predicted molar refractivity (Wildman–Crippen MR) is 97.6 cm³/mol. The Morgan fingerprint density at radius 2 is 1.88 bits per heavy atom. The van der Waals surface area contributed by atoms with Crippen LogP contribution in [0.5, 0.6) is 0 Å². The lowest BCUT2D eigenvalue weighted by Crippen LogP contribution is -2.50. The molecule has 3 heterocycles. The standard InChI is InChI=1S/C17H20N4O4S/c22-13(14-2-1-11-26-14)12-19-7-9-20(10-8-19)16(24)4-6-21-5-3-15(23)18-17(21)25/h1-3,5,11H,4,6-10,12H2,(H,18,23,25). The monoisotopic (exact) mass is 376 g/mol. The number of aromatic nitrogens is 2. The molecular weight excluding hydrogens is 356 g/mol. The van der Waals surface area contributed by atoms with Crippen LogP contribution in [0.25, 0.3) is 0 Å². The van der Waals surface area contributed by atoms with Crippen LogP contribution in [-0.4, -0.2) is 63.8 Å². The van der Waals surface area contributed by atoms with E-state index in [9.17, 15) is 19.2 Å². The number of hydrogen-bond acceptors (Lipinski definition) is 6. The van der Waals surface area contributed by atoms with E-state index in [0.29, 0.717) is 32.7 Å². The first-order valence-corrected chi connectivity index (χ1v) is 9.27. The third kappa shape index (κ3) is 4.55. The molecule has 3 rings (SSSR count). The molecule has 2 aromatic rings. The number of carbonyl (C=O) groups excluding carboxylic acids is 2. The van der Waals surface area contributed by atoms with Crippen molar-refractivity contribution < 1.29 is 9.59 Å². The molecule has 9 heteroatoms. The van der Waals surface area contributed by atoms with Gasteiger partial charge in [-0.3, -0.25) is 24.3 Å². The number of carbonyl (C=O) groups is 2. The van der Waals surface area contributed by atoms with Gasteiger partial charge >= 0.3 is 5.69 Å². The van der Waals surface area contributed by atoms with E-state index < -0.39 is 11.2 Å². The lowest BCUT2D eigenvalue weighted by Gasteiger charge is -2.34. The van der Waals surface area contributed by atoms with Gasteiger partial charge in [0.25, 0.3) is 5.56 Å². The van der Waals surface area contributed by atoms with Gasteiger partial charge < -0.3 is 9.47 Å². The Hall–Kier alpha value is -2.52. The molecule has 0 atom stereocenters. The van der Waals surface area contributed by atoms with Crippen LogP contribution in [0.4, 0.5) is 0 Å². The molecule has 0 radical (unpaired) electrons. The Morgan fingerprint density at radius 3 is 2.54 bits per heavy atom. The smallest absolute Gasteiger partial charge is 0.328 e. The fraction of sp³-hybridized carbons (Fsp3) is 0.412. The molecule has 1 amide bonds. The quantitative estimate of drug-likeness (QED) is 0.717. The number of aromatic amines is 1. The van der Waals surface area contributed by atoms with E-state index in [4.69, 9.17) is 0 Å². The Bertz CT molecular complexity index is 879. The minimum atomic E-state index is -0.512. The first kappa shape index (κ1) is 18.3. The van der Waals surface area contributed by atoms with E-state index in [1.165, 1.54) is 28.2 Å². The summed E-state index contributed by atoms with van der Waals surface area (Å²) in [5.41, 5.74) is -0.965. The zero-order valence-corrected chi connectivity index (χ0v) is 15.0. The molecule has 0 spiro atoms. The minimum Gasteiger partial charge on any atom is -0.340 e. The highest BCUT2D eigenvalue weighted by Gasteiger charge is 2.22. The van der Waals surface area contributed by atoms with E-state index in [1.807, 2.05) is 17.5 Å². The summed E-state index contributed by atoms with van der Waals surface area (Å²) in [7, 11) is 0. The second-order valence-electron chi connectivity index (χ2n) is 6.11. The predicted octanol–water partition coefficient (Wildman–Crippen LogP) is 0.0153. The van der Waals surface area contributed by atoms with Crippen LogP contribution in [0.15, 0.2) is 39.4 Å². The summed E-state index contributed by atoms with van der Waals surface area (Å²) in [6.07, 6.45) is 1.59. The van der Waals surface area contributed by atoms with Crippen molar-refractivity contribution in [2.75, 3.05) is 32.7 Å². The van der Waals surface area contributed by atoms with Crippen molar-refractivity contribution >= 4 is 23.0 Å². The van der Waals surface area contributed by atoms with Gasteiger partial charge in [-0.05, 0) is 11.4 Å². The van der Waals surface area contributed by atoms with Gasteiger partial charge in [0, 0.05) is 51.4 Å². The number of thiophene rings is 1. The third-order valence-corrected chi connectivity index (χ3v) is 5.26. The van der Waals surface area contributed by atoms with Crippen molar-refractivity contribution in [2.45, 2.75) is 13.0 Å². The van der Waals surface area contributed by atoms with Gasteiger partial charge in [0.1, 0.15) is 0 Å². The number of piperazine rings is 1. The molecule has 1 N–H and O–H groups in total. The van der Waals surface area contributed by atoms with Gasteiger partial charge in [-0.1, -0.05) is 6.07 Å². The molecule has 138 valence electrons. The first-order valence-electron chi connectivity index (χ1n) is 8.39. The van der Waals surface area contributed by atoms with Crippen LogP contribution in [-0.2, 0) is 11.3 Å². The molecule has 2 aromatic heterocycles. The third-order valence-electron chi connectivity index (χ3n) is 4.35. The molecule has 8 nitrogen and oxygen atoms in total. The highest BCUT2D eigenvalue weighted by molar-refractivity contribution is 7.12. The lowest BCUT2D eigenvalue weighted by molar-refractivity contribution is -0.133. The molecular formula is C17H20N4O4S. The van der Waals surface area contributed by atoms with Gasteiger partial charge in [-0.2, -0.15) is 0 Å². The van der Waals surface area contributed by atoms with Gasteiger partial charge in [-0.25, -0.2) is 4.79 Å². The highest BCUT2D eigenvalue weighted by Crippen LogP contribution is 2.11. The summed E-state index contributed by atoms with van der Waals surface area (Å²) >= 11 is 1.44. The molecule has 0 bridgehead atoms. The van der Waals surface area contributed by atoms with Gasteiger partial charge in [0.05, 0.1) is 11.4 Å². The maximum atomic E-state index is 12.3. The number of hydrogen-bond donors (Lipinski definition) is 1. The molecule has 0 unspecified atom stereocenters. The van der Waals surface area contributed by atoms with Crippen molar-refractivity contribution in [1.82, 2.24) is 19.4 Å². The Morgan fingerprint density at radius 1 is 1.12 bits per heavy atom. The van der Waals surface area contributed by atoms with Crippen molar-refractivity contribution in [1.29, 1.82) is 0 Å². The molecule has 26 heavy (non-hydrogen) atoms. The average Bonchev–Trinajstić information content (AvgIpc) is 3.16. The zero-order chi connectivity index (χ0) is 18.5. The van der Waals surface area contributed by atoms with E-state index in [0.717, 1.165) is 4.88 Å². The van der Waals surface area contributed by atoms with E-state index >= 15 is 0 Å². The number of Topliss-reactive ketones (excluding diaryl/α,β-unsaturated/α-hetero) is 1. The Balaban J connectivity index is 1.45. The fourth-order valence-electron chi connectivity index (χ4n) is 2.87. The number of rotatable bonds is 6. The van der Waals surface area contributed by atoms with Gasteiger partial charge in [0.15, 0.2) is 5.78 Å². The van der Waals surface area contributed by atoms with Crippen molar-refractivity contribution in [3.63, 3.8) is 0 Å². The van der Waals surface area contributed by atoms with Crippen LogP contribution in [0.1, 0.15) is 16.1 Å². The van der Waals surface area contributed by atoms with Crippen molar-refractivity contribution in [3.05, 3.63) is 55.5 Å². The van der Waals surface area contributed by atoms with Gasteiger partial charge in [0.2, 0.25) is 5.91 Å². The molecule has 1 aliphatic heterocycles. The Kier molecular flexibility index (Phi) is 5.79.